The van der Waals surface area contributed by atoms with Crippen LogP contribution in [0.4, 0.5) is 5.69 Å². The SMILES string of the molecule is COCCN1C(=O)/C(=C\c2ccc(OC)c(OCc3ccccc3)c2)SC1=Nc1ccccc1. The molecule has 0 unspecified atom stereocenters. The van der Waals surface area contributed by atoms with E-state index < -0.39 is 0 Å². The Bertz CT molecular complexity index is 1180. The van der Waals surface area contributed by atoms with E-state index in [1.54, 1.807) is 19.1 Å². The molecule has 0 spiro atoms. The lowest BCUT2D eigenvalue weighted by Gasteiger charge is -2.14. The molecule has 0 saturated carbocycles. The number of para-hydroxylation sites is 1. The molecule has 1 aliphatic rings. The van der Waals surface area contributed by atoms with Crippen LogP contribution in [0.15, 0.2) is 88.8 Å². The monoisotopic (exact) mass is 474 g/mol. The summed E-state index contributed by atoms with van der Waals surface area (Å²) in [7, 11) is 3.23. The topological polar surface area (TPSA) is 60.4 Å². The number of nitrogens with zero attached hydrogens (tertiary/aromatic N) is 2. The summed E-state index contributed by atoms with van der Waals surface area (Å²) in [5, 5.41) is 0.633. The molecule has 7 heteroatoms. The van der Waals surface area contributed by atoms with Crippen LogP contribution in [-0.2, 0) is 16.1 Å². The van der Waals surface area contributed by atoms with Crippen LogP contribution in [0.25, 0.3) is 6.08 Å². The molecule has 0 radical (unpaired) electrons. The third kappa shape index (κ3) is 5.87. The fraction of sp³-hybridized carbons (Fsp3) is 0.185. The number of aliphatic imine (C=N–C) groups is 1. The number of amides is 1. The number of carbonyl (C=O) groups excluding carboxylic acids is 1. The van der Waals surface area contributed by atoms with Gasteiger partial charge in [0.2, 0.25) is 0 Å². The Kier molecular flexibility index (Phi) is 8.01. The largest absolute Gasteiger partial charge is 0.493 e. The van der Waals surface area contributed by atoms with Gasteiger partial charge >= 0.3 is 0 Å². The summed E-state index contributed by atoms with van der Waals surface area (Å²) >= 11 is 1.35. The number of hydrogen-bond donors (Lipinski definition) is 0. The van der Waals surface area contributed by atoms with Gasteiger partial charge in [0, 0.05) is 7.11 Å². The fourth-order valence-corrected chi connectivity index (χ4v) is 4.39. The molecule has 0 bridgehead atoms. The highest BCUT2D eigenvalue weighted by molar-refractivity contribution is 8.18. The molecule has 174 valence electrons. The molecule has 6 nitrogen and oxygen atoms in total. The lowest BCUT2D eigenvalue weighted by molar-refractivity contribution is -0.122. The number of thioether (sulfide) groups is 1. The molecular weight excluding hydrogens is 448 g/mol. The van der Waals surface area contributed by atoms with Gasteiger partial charge in [-0.2, -0.15) is 0 Å². The van der Waals surface area contributed by atoms with E-state index in [1.165, 1.54) is 11.8 Å². The van der Waals surface area contributed by atoms with E-state index in [1.807, 2.05) is 84.9 Å². The van der Waals surface area contributed by atoms with Gasteiger partial charge in [0.15, 0.2) is 16.7 Å². The van der Waals surface area contributed by atoms with Gasteiger partial charge in [0.05, 0.1) is 30.9 Å². The number of ether oxygens (including phenoxy) is 3. The summed E-state index contributed by atoms with van der Waals surface area (Å²) in [4.78, 5) is 20.1. The molecule has 0 N–H and O–H groups in total. The van der Waals surface area contributed by atoms with Crippen LogP contribution in [0.2, 0.25) is 0 Å². The third-order valence-electron chi connectivity index (χ3n) is 5.11. The molecule has 34 heavy (non-hydrogen) atoms. The van der Waals surface area contributed by atoms with Crippen molar-refractivity contribution < 1.29 is 19.0 Å². The van der Waals surface area contributed by atoms with Gasteiger partial charge in [-0.05, 0) is 53.2 Å². The van der Waals surface area contributed by atoms with Crippen molar-refractivity contribution in [2.75, 3.05) is 27.4 Å². The van der Waals surface area contributed by atoms with Gasteiger partial charge in [-0.15, -0.1) is 0 Å². The number of carbonyl (C=O) groups is 1. The molecule has 0 aliphatic carbocycles. The fourth-order valence-electron chi connectivity index (χ4n) is 3.37. The average Bonchev–Trinajstić information content (AvgIpc) is 3.16. The molecule has 3 aromatic rings. The average molecular weight is 475 g/mol. The van der Waals surface area contributed by atoms with Crippen molar-refractivity contribution in [3.8, 4) is 11.5 Å². The minimum absolute atomic E-state index is 0.0979. The Hall–Kier alpha value is -3.55. The molecule has 1 aliphatic heterocycles. The second-order valence-corrected chi connectivity index (χ2v) is 8.48. The predicted molar refractivity (Wildman–Crippen MR) is 136 cm³/mol. The molecule has 1 fully saturated rings. The Balaban J connectivity index is 1.59. The van der Waals surface area contributed by atoms with Crippen LogP contribution in [0.5, 0.6) is 11.5 Å². The first kappa shape index (κ1) is 23.6. The Morgan fingerprint density at radius 3 is 2.38 bits per heavy atom. The maximum atomic E-state index is 13.2. The molecule has 1 saturated heterocycles. The number of amidine groups is 1. The molecule has 4 rings (SSSR count). The normalized spacial score (nSPS) is 15.8. The van der Waals surface area contributed by atoms with E-state index in [-0.39, 0.29) is 5.91 Å². The standard InChI is InChI=1S/C27H26N2O4S/c1-31-16-15-29-26(30)25(34-27(29)28-22-11-7-4-8-12-22)18-21-13-14-23(32-2)24(17-21)33-19-20-9-5-3-6-10-20/h3-14,17-18H,15-16,19H2,1-2H3/b25-18+,28-27?. The van der Waals surface area contributed by atoms with Crippen LogP contribution >= 0.6 is 11.8 Å². The summed E-state index contributed by atoms with van der Waals surface area (Å²) in [6.07, 6.45) is 1.86. The van der Waals surface area contributed by atoms with Gasteiger partial charge in [0.1, 0.15) is 6.61 Å². The van der Waals surface area contributed by atoms with E-state index in [4.69, 9.17) is 14.2 Å². The minimum Gasteiger partial charge on any atom is -0.493 e. The second-order valence-electron chi connectivity index (χ2n) is 7.47. The number of hydrogen-bond acceptors (Lipinski definition) is 6. The Labute approximate surface area is 203 Å². The van der Waals surface area contributed by atoms with Crippen LogP contribution in [0.3, 0.4) is 0 Å². The van der Waals surface area contributed by atoms with Gasteiger partial charge < -0.3 is 14.2 Å². The lowest BCUT2D eigenvalue weighted by atomic mass is 10.1. The second kappa shape index (κ2) is 11.5. The highest BCUT2D eigenvalue weighted by atomic mass is 32.2. The lowest BCUT2D eigenvalue weighted by Crippen LogP contribution is -2.32. The molecule has 0 atom stereocenters. The smallest absolute Gasteiger partial charge is 0.266 e. The van der Waals surface area contributed by atoms with Crippen LogP contribution in [0, 0.1) is 0 Å². The number of benzene rings is 3. The van der Waals surface area contributed by atoms with Crippen molar-refractivity contribution in [3.63, 3.8) is 0 Å². The first-order valence-electron chi connectivity index (χ1n) is 10.9. The van der Waals surface area contributed by atoms with Crippen LogP contribution in [0.1, 0.15) is 11.1 Å². The molecule has 3 aromatic carbocycles. The van der Waals surface area contributed by atoms with E-state index >= 15 is 0 Å². The van der Waals surface area contributed by atoms with Crippen LogP contribution in [-0.4, -0.2) is 43.3 Å². The molecule has 1 amide bonds. The van der Waals surface area contributed by atoms with Gasteiger partial charge in [-0.3, -0.25) is 9.69 Å². The maximum absolute atomic E-state index is 13.2. The summed E-state index contributed by atoms with van der Waals surface area (Å²) in [6, 6.07) is 25.2. The zero-order valence-corrected chi connectivity index (χ0v) is 20.0. The molecule has 0 aromatic heterocycles. The van der Waals surface area contributed by atoms with Crippen LogP contribution < -0.4 is 9.47 Å². The number of rotatable bonds is 9. The highest BCUT2D eigenvalue weighted by Crippen LogP contribution is 2.36. The van der Waals surface area contributed by atoms with Crippen molar-refractivity contribution in [1.29, 1.82) is 0 Å². The molecule has 1 heterocycles. The van der Waals surface area contributed by atoms with Gasteiger partial charge in [0.25, 0.3) is 5.91 Å². The zero-order chi connectivity index (χ0) is 23.8. The van der Waals surface area contributed by atoms with E-state index in [2.05, 4.69) is 4.99 Å². The van der Waals surface area contributed by atoms with Crippen molar-refractivity contribution in [3.05, 3.63) is 94.9 Å². The number of methoxy groups -OCH3 is 2. The molecular formula is C27H26N2O4S. The van der Waals surface area contributed by atoms with E-state index in [0.29, 0.717) is 41.3 Å². The summed E-state index contributed by atoms with van der Waals surface area (Å²) in [6.45, 7) is 1.27. The van der Waals surface area contributed by atoms with E-state index in [9.17, 15) is 4.79 Å². The van der Waals surface area contributed by atoms with Crippen molar-refractivity contribution in [1.82, 2.24) is 4.90 Å². The third-order valence-corrected chi connectivity index (χ3v) is 6.12. The van der Waals surface area contributed by atoms with E-state index in [0.717, 1.165) is 16.8 Å². The quantitative estimate of drug-likeness (QED) is 0.382. The predicted octanol–water partition coefficient (Wildman–Crippen LogP) is 5.52. The Morgan fingerprint density at radius 2 is 1.68 bits per heavy atom. The summed E-state index contributed by atoms with van der Waals surface area (Å²) in [5.74, 6) is 1.15. The highest BCUT2D eigenvalue weighted by Gasteiger charge is 2.33. The summed E-state index contributed by atoms with van der Waals surface area (Å²) < 4.78 is 16.7. The first-order chi connectivity index (χ1) is 16.7. The zero-order valence-electron chi connectivity index (χ0n) is 19.1. The maximum Gasteiger partial charge on any atom is 0.266 e. The first-order valence-corrected chi connectivity index (χ1v) is 11.7. The Morgan fingerprint density at radius 1 is 0.941 bits per heavy atom. The van der Waals surface area contributed by atoms with Gasteiger partial charge in [-0.25, -0.2) is 4.99 Å². The van der Waals surface area contributed by atoms with Crippen molar-refractivity contribution >= 4 is 34.6 Å². The van der Waals surface area contributed by atoms with Gasteiger partial charge in [-0.1, -0.05) is 54.6 Å². The van der Waals surface area contributed by atoms with Crippen molar-refractivity contribution in [2.45, 2.75) is 6.61 Å². The minimum atomic E-state index is -0.0979. The summed E-state index contributed by atoms with van der Waals surface area (Å²) in [5.41, 5.74) is 2.69. The van der Waals surface area contributed by atoms with Crippen molar-refractivity contribution in [2.24, 2.45) is 4.99 Å².